The molecule has 1 aliphatic heterocycles. The number of carbonyl (C=O) groups excluding carboxylic acids is 1. The molecule has 1 amide bonds. The van der Waals surface area contributed by atoms with Crippen molar-refractivity contribution in [2.45, 2.75) is 38.8 Å². The van der Waals surface area contributed by atoms with Gasteiger partial charge in [-0.3, -0.25) is 9.69 Å². The zero-order valence-corrected chi connectivity index (χ0v) is 15.9. The number of fused-ring (bicyclic) bond motifs is 1. The lowest BCUT2D eigenvalue weighted by molar-refractivity contribution is -0.121. The Balaban J connectivity index is 1.56. The molecule has 1 heterocycles. The van der Waals surface area contributed by atoms with Crippen LogP contribution in [0.5, 0.6) is 0 Å². The molecule has 2 N–H and O–H groups in total. The zero-order chi connectivity index (χ0) is 19.4. The summed E-state index contributed by atoms with van der Waals surface area (Å²) in [5.41, 5.74) is 3.51. The Hall–Kier alpha value is -2.66. The zero-order valence-electron chi connectivity index (χ0n) is 15.9. The standard InChI is InChI=1S/C22H26N2O3/c1-22(2,24-11-10-17-7-3-4-8-19(17)14-24)15-23-20(25)13-16-6-5-9-18(12-16)21(26)27/h3-9,12H,10-11,13-15H2,1-2H3,(H,23,25)(H,26,27). The Morgan fingerprint density at radius 1 is 1.11 bits per heavy atom. The molecule has 0 bridgehead atoms. The minimum atomic E-state index is -0.983. The number of hydrogen-bond donors (Lipinski definition) is 2. The largest absolute Gasteiger partial charge is 0.478 e. The number of nitrogens with one attached hydrogen (secondary N) is 1. The van der Waals surface area contributed by atoms with Crippen molar-refractivity contribution in [3.63, 3.8) is 0 Å². The highest BCUT2D eigenvalue weighted by molar-refractivity contribution is 5.88. The van der Waals surface area contributed by atoms with Crippen LogP contribution in [0.4, 0.5) is 0 Å². The number of carboxylic acid groups (broad SMARTS) is 1. The molecule has 2 aromatic carbocycles. The second-order valence-corrected chi connectivity index (χ2v) is 7.71. The molecule has 27 heavy (non-hydrogen) atoms. The van der Waals surface area contributed by atoms with E-state index in [0.717, 1.165) is 19.5 Å². The highest BCUT2D eigenvalue weighted by atomic mass is 16.4. The Labute approximate surface area is 160 Å². The summed E-state index contributed by atoms with van der Waals surface area (Å²) in [4.78, 5) is 25.8. The molecule has 0 radical (unpaired) electrons. The Bertz CT molecular complexity index is 845. The second-order valence-electron chi connectivity index (χ2n) is 7.71. The summed E-state index contributed by atoms with van der Waals surface area (Å²) in [6.07, 6.45) is 1.20. The first-order valence-electron chi connectivity index (χ1n) is 9.26. The Morgan fingerprint density at radius 3 is 2.59 bits per heavy atom. The highest BCUT2D eigenvalue weighted by Crippen LogP contribution is 2.24. The van der Waals surface area contributed by atoms with Gasteiger partial charge in [-0.1, -0.05) is 36.4 Å². The number of amides is 1. The Kier molecular flexibility index (Phi) is 5.61. The first-order chi connectivity index (χ1) is 12.8. The third-order valence-electron chi connectivity index (χ3n) is 5.24. The van der Waals surface area contributed by atoms with Crippen LogP contribution >= 0.6 is 0 Å². The minimum absolute atomic E-state index is 0.0944. The van der Waals surface area contributed by atoms with Crippen molar-refractivity contribution in [2.24, 2.45) is 0 Å². The quantitative estimate of drug-likeness (QED) is 0.825. The van der Waals surface area contributed by atoms with Crippen LogP contribution in [0.1, 0.15) is 40.9 Å². The lowest BCUT2D eigenvalue weighted by Crippen LogP contribution is -2.53. The Morgan fingerprint density at radius 2 is 1.85 bits per heavy atom. The average molecular weight is 366 g/mol. The van der Waals surface area contributed by atoms with Gasteiger partial charge in [-0.25, -0.2) is 4.79 Å². The van der Waals surface area contributed by atoms with Crippen LogP contribution in [0.2, 0.25) is 0 Å². The molecule has 0 aromatic heterocycles. The lowest BCUT2D eigenvalue weighted by atomic mass is 9.94. The summed E-state index contributed by atoms with van der Waals surface area (Å²) in [6, 6.07) is 15.0. The number of nitrogens with zero attached hydrogens (tertiary/aromatic N) is 1. The van der Waals surface area contributed by atoms with E-state index in [2.05, 4.69) is 48.3 Å². The molecule has 0 saturated carbocycles. The summed E-state index contributed by atoms with van der Waals surface area (Å²) in [5, 5.41) is 12.1. The molecule has 0 fully saturated rings. The maximum atomic E-state index is 12.3. The van der Waals surface area contributed by atoms with Crippen molar-refractivity contribution < 1.29 is 14.7 Å². The van der Waals surface area contributed by atoms with Crippen LogP contribution in [-0.4, -0.2) is 40.5 Å². The van der Waals surface area contributed by atoms with E-state index < -0.39 is 5.97 Å². The average Bonchev–Trinajstić information content (AvgIpc) is 2.66. The summed E-state index contributed by atoms with van der Waals surface area (Å²) in [5.74, 6) is -1.08. The van der Waals surface area contributed by atoms with Crippen LogP contribution in [0.25, 0.3) is 0 Å². The molecule has 142 valence electrons. The van der Waals surface area contributed by atoms with E-state index in [4.69, 9.17) is 5.11 Å². The van der Waals surface area contributed by atoms with Gasteiger partial charge in [0.25, 0.3) is 0 Å². The molecule has 3 rings (SSSR count). The van der Waals surface area contributed by atoms with Gasteiger partial charge < -0.3 is 10.4 Å². The van der Waals surface area contributed by atoms with E-state index >= 15 is 0 Å². The molecule has 1 aliphatic rings. The maximum absolute atomic E-state index is 12.3. The number of carbonyl (C=O) groups is 2. The van der Waals surface area contributed by atoms with Crippen LogP contribution in [-0.2, 0) is 24.2 Å². The fourth-order valence-electron chi connectivity index (χ4n) is 3.50. The monoisotopic (exact) mass is 366 g/mol. The number of hydrogen-bond acceptors (Lipinski definition) is 3. The maximum Gasteiger partial charge on any atom is 0.335 e. The SMILES string of the molecule is CC(C)(CNC(=O)Cc1cccc(C(=O)O)c1)N1CCc2ccccc2C1. The molecule has 0 aliphatic carbocycles. The van der Waals surface area contributed by atoms with Crippen molar-refractivity contribution in [1.29, 1.82) is 0 Å². The topological polar surface area (TPSA) is 69.6 Å². The predicted molar refractivity (Wildman–Crippen MR) is 105 cm³/mol. The van der Waals surface area contributed by atoms with Crippen molar-refractivity contribution in [2.75, 3.05) is 13.1 Å². The van der Waals surface area contributed by atoms with Crippen molar-refractivity contribution in [3.05, 3.63) is 70.8 Å². The van der Waals surface area contributed by atoms with Gasteiger partial charge in [0.05, 0.1) is 12.0 Å². The van der Waals surface area contributed by atoms with E-state index in [1.54, 1.807) is 18.2 Å². The minimum Gasteiger partial charge on any atom is -0.478 e. The number of benzene rings is 2. The van der Waals surface area contributed by atoms with Crippen molar-refractivity contribution in [1.82, 2.24) is 10.2 Å². The molecule has 2 aromatic rings. The van der Waals surface area contributed by atoms with Crippen LogP contribution in [0, 0.1) is 0 Å². The summed E-state index contributed by atoms with van der Waals surface area (Å²) in [6.45, 7) is 6.70. The van der Waals surface area contributed by atoms with Gasteiger partial charge in [-0.2, -0.15) is 0 Å². The van der Waals surface area contributed by atoms with E-state index in [1.807, 2.05) is 0 Å². The van der Waals surface area contributed by atoms with Crippen LogP contribution in [0.3, 0.4) is 0 Å². The third kappa shape index (κ3) is 4.74. The third-order valence-corrected chi connectivity index (χ3v) is 5.24. The van der Waals surface area contributed by atoms with Gasteiger partial charge in [-0.15, -0.1) is 0 Å². The molecule has 0 unspecified atom stereocenters. The molecular formula is C22H26N2O3. The van der Waals surface area contributed by atoms with Crippen LogP contribution < -0.4 is 5.32 Å². The fraction of sp³-hybridized carbons (Fsp3) is 0.364. The molecule has 5 nitrogen and oxygen atoms in total. The summed E-state index contributed by atoms with van der Waals surface area (Å²) < 4.78 is 0. The summed E-state index contributed by atoms with van der Waals surface area (Å²) >= 11 is 0. The highest BCUT2D eigenvalue weighted by Gasteiger charge is 2.30. The van der Waals surface area contributed by atoms with Gasteiger partial charge in [-0.05, 0) is 49.1 Å². The lowest BCUT2D eigenvalue weighted by Gasteiger charge is -2.41. The van der Waals surface area contributed by atoms with E-state index in [9.17, 15) is 9.59 Å². The fourth-order valence-corrected chi connectivity index (χ4v) is 3.50. The molecule has 0 saturated heterocycles. The normalized spacial score (nSPS) is 14.4. The van der Waals surface area contributed by atoms with E-state index in [0.29, 0.717) is 12.1 Å². The van der Waals surface area contributed by atoms with Crippen molar-refractivity contribution in [3.8, 4) is 0 Å². The number of rotatable bonds is 6. The number of aromatic carboxylic acids is 1. The van der Waals surface area contributed by atoms with Gasteiger partial charge in [0.15, 0.2) is 0 Å². The van der Waals surface area contributed by atoms with E-state index in [-0.39, 0.29) is 23.4 Å². The first-order valence-corrected chi connectivity index (χ1v) is 9.26. The smallest absolute Gasteiger partial charge is 0.335 e. The first kappa shape index (κ1) is 19.1. The molecule has 0 atom stereocenters. The van der Waals surface area contributed by atoms with Gasteiger partial charge in [0, 0.05) is 25.2 Å². The molecule has 5 heteroatoms. The van der Waals surface area contributed by atoms with Gasteiger partial charge in [0.2, 0.25) is 5.91 Å². The van der Waals surface area contributed by atoms with Crippen molar-refractivity contribution >= 4 is 11.9 Å². The molecule has 0 spiro atoms. The molecular weight excluding hydrogens is 340 g/mol. The second kappa shape index (κ2) is 7.92. The van der Waals surface area contributed by atoms with Gasteiger partial charge >= 0.3 is 5.97 Å². The summed E-state index contributed by atoms with van der Waals surface area (Å²) in [7, 11) is 0. The van der Waals surface area contributed by atoms with Gasteiger partial charge in [0.1, 0.15) is 0 Å². The number of carboxylic acids is 1. The van der Waals surface area contributed by atoms with E-state index in [1.165, 1.54) is 17.2 Å². The predicted octanol–water partition coefficient (Wildman–Crippen LogP) is 2.88. The van der Waals surface area contributed by atoms with Crippen LogP contribution in [0.15, 0.2) is 48.5 Å².